The standard InChI is InChI=1S/C17H14N2O2/c1-12-11-16(13-5-3-2-4-6-13)19(18-12)15-9-7-14(8-10-15)17(20)21/h2-11H,1H3,(H,20,21). The number of hydrogen-bond acceptors (Lipinski definition) is 2. The first-order valence-corrected chi connectivity index (χ1v) is 6.61. The van der Waals surface area contributed by atoms with Crippen molar-refractivity contribution >= 4 is 5.97 Å². The van der Waals surface area contributed by atoms with Gasteiger partial charge in [-0.2, -0.15) is 5.10 Å². The number of rotatable bonds is 3. The van der Waals surface area contributed by atoms with Gasteiger partial charge in [0.1, 0.15) is 0 Å². The van der Waals surface area contributed by atoms with Crippen molar-refractivity contribution in [2.24, 2.45) is 0 Å². The van der Waals surface area contributed by atoms with E-state index < -0.39 is 5.97 Å². The van der Waals surface area contributed by atoms with E-state index in [4.69, 9.17) is 5.11 Å². The molecule has 4 nitrogen and oxygen atoms in total. The predicted octanol–water partition coefficient (Wildman–Crippen LogP) is 3.55. The van der Waals surface area contributed by atoms with Gasteiger partial charge < -0.3 is 5.11 Å². The van der Waals surface area contributed by atoms with Crippen LogP contribution in [0.1, 0.15) is 16.1 Å². The molecule has 1 heterocycles. The molecule has 0 aliphatic carbocycles. The molecule has 2 aromatic carbocycles. The fourth-order valence-corrected chi connectivity index (χ4v) is 2.26. The molecule has 0 bridgehead atoms. The van der Waals surface area contributed by atoms with Crippen LogP contribution in [0.15, 0.2) is 60.7 Å². The van der Waals surface area contributed by atoms with E-state index in [9.17, 15) is 4.79 Å². The van der Waals surface area contributed by atoms with E-state index in [1.165, 1.54) is 0 Å². The number of carbonyl (C=O) groups is 1. The molecule has 0 unspecified atom stereocenters. The zero-order valence-corrected chi connectivity index (χ0v) is 11.5. The maximum atomic E-state index is 10.9. The summed E-state index contributed by atoms with van der Waals surface area (Å²) in [5, 5.41) is 13.5. The molecular formula is C17H14N2O2. The fraction of sp³-hybridized carbons (Fsp3) is 0.0588. The van der Waals surface area contributed by atoms with Gasteiger partial charge in [-0.15, -0.1) is 0 Å². The molecular weight excluding hydrogens is 264 g/mol. The van der Waals surface area contributed by atoms with Crippen LogP contribution in [0.25, 0.3) is 16.9 Å². The second-order valence-electron chi connectivity index (χ2n) is 4.80. The molecule has 0 aliphatic rings. The van der Waals surface area contributed by atoms with Crippen LogP contribution >= 0.6 is 0 Å². The predicted molar refractivity (Wildman–Crippen MR) is 80.7 cm³/mol. The van der Waals surface area contributed by atoms with E-state index in [0.717, 1.165) is 22.6 Å². The maximum absolute atomic E-state index is 10.9. The molecule has 1 aromatic heterocycles. The lowest BCUT2D eigenvalue weighted by atomic mass is 10.1. The van der Waals surface area contributed by atoms with Gasteiger partial charge in [-0.05, 0) is 37.3 Å². The lowest BCUT2D eigenvalue weighted by Crippen LogP contribution is -2.01. The lowest BCUT2D eigenvalue weighted by Gasteiger charge is -2.08. The van der Waals surface area contributed by atoms with E-state index in [2.05, 4.69) is 5.10 Å². The molecule has 0 fully saturated rings. The zero-order chi connectivity index (χ0) is 14.8. The quantitative estimate of drug-likeness (QED) is 0.797. The van der Waals surface area contributed by atoms with Crippen molar-refractivity contribution in [2.45, 2.75) is 6.92 Å². The van der Waals surface area contributed by atoms with Crippen LogP contribution in [0.4, 0.5) is 0 Å². The zero-order valence-electron chi connectivity index (χ0n) is 11.5. The molecule has 3 rings (SSSR count). The highest BCUT2D eigenvalue weighted by Crippen LogP contribution is 2.23. The number of aromatic carboxylic acids is 1. The van der Waals surface area contributed by atoms with Crippen molar-refractivity contribution in [3.05, 3.63) is 71.9 Å². The van der Waals surface area contributed by atoms with Crippen molar-refractivity contribution in [3.63, 3.8) is 0 Å². The van der Waals surface area contributed by atoms with E-state index in [-0.39, 0.29) is 5.56 Å². The third-order valence-corrected chi connectivity index (χ3v) is 3.26. The molecule has 0 aliphatic heterocycles. The van der Waals surface area contributed by atoms with Gasteiger partial charge in [0.05, 0.1) is 22.6 Å². The molecule has 0 amide bonds. The van der Waals surface area contributed by atoms with Crippen molar-refractivity contribution in [3.8, 4) is 16.9 Å². The molecule has 3 aromatic rings. The molecule has 0 spiro atoms. The molecule has 0 saturated heterocycles. The lowest BCUT2D eigenvalue weighted by molar-refractivity contribution is 0.0697. The second-order valence-corrected chi connectivity index (χ2v) is 4.80. The first kappa shape index (κ1) is 13.1. The maximum Gasteiger partial charge on any atom is 0.335 e. The van der Waals surface area contributed by atoms with Gasteiger partial charge in [0.25, 0.3) is 0 Å². The first-order chi connectivity index (χ1) is 10.1. The summed E-state index contributed by atoms with van der Waals surface area (Å²) in [7, 11) is 0. The van der Waals surface area contributed by atoms with E-state index in [1.807, 2.05) is 48.0 Å². The van der Waals surface area contributed by atoms with Gasteiger partial charge in [-0.1, -0.05) is 30.3 Å². The third-order valence-electron chi connectivity index (χ3n) is 3.26. The van der Waals surface area contributed by atoms with Crippen molar-refractivity contribution in [2.75, 3.05) is 0 Å². The van der Waals surface area contributed by atoms with Crippen molar-refractivity contribution in [1.82, 2.24) is 9.78 Å². The van der Waals surface area contributed by atoms with Crippen LogP contribution < -0.4 is 0 Å². The molecule has 21 heavy (non-hydrogen) atoms. The topological polar surface area (TPSA) is 55.1 Å². The number of carboxylic acids is 1. The Morgan fingerprint density at radius 1 is 1.05 bits per heavy atom. The average molecular weight is 278 g/mol. The van der Waals surface area contributed by atoms with Crippen molar-refractivity contribution < 1.29 is 9.90 Å². The summed E-state index contributed by atoms with van der Waals surface area (Å²) in [6.45, 7) is 1.94. The Morgan fingerprint density at radius 2 is 1.71 bits per heavy atom. The van der Waals surface area contributed by atoms with Crippen LogP contribution in [-0.4, -0.2) is 20.9 Å². The summed E-state index contributed by atoms with van der Waals surface area (Å²) in [6, 6.07) is 18.7. The Bertz CT molecular complexity index is 774. The summed E-state index contributed by atoms with van der Waals surface area (Å²) in [4.78, 5) is 10.9. The van der Waals surface area contributed by atoms with E-state index in [0.29, 0.717) is 0 Å². The summed E-state index contributed by atoms with van der Waals surface area (Å²) in [6.07, 6.45) is 0. The van der Waals surface area contributed by atoms with Gasteiger partial charge in [0, 0.05) is 5.56 Å². The Hall–Kier alpha value is -2.88. The highest BCUT2D eigenvalue weighted by molar-refractivity contribution is 5.87. The second kappa shape index (κ2) is 5.25. The molecule has 1 N–H and O–H groups in total. The molecule has 104 valence electrons. The smallest absolute Gasteiger partial charge is 0.335 e. The number of aromatic nitrogens is 2. The summed E-state index contributed by atoms with van der Waals surface area (Å²) in [5.74, 6) is -0.929. The molecule has 4 heteroatoms. The summed E-state index contributed by atoms with van der Waals surface area (Å²) < 4.78 is 1.83. The minimum absolute atomic E-state index is 0.267. The molecule has 0 saturated carbocycles. The highest BCUT2D eigenvalue weighted by atomic mass is 16.4. The molecule has 0 atom stereocenters. The number of hydrogen-bond donors (Lipinski definition) is 1. The van der Waals surface area contributed by atoms with E-state index >= 15 is 0 Å². The number of aryl methyl sites for hydroxylation is 1. The normalized spacial score (nSPS) is 10.5. The van der Waals surface area contributed by atoms with Crippen LogP contribution in [0.3, 0.4) is 0 Å². The first-order valence-electron chi connectivity index (χ1n) is 6.61. The van der Waals surface area contributed by atoms with Crippen LogP contribution in [0.5, 0.6) is 0 Å². The van der Waals surface area contributed by atoms with Crippen LogP contribution in [0.2, 0.25) is 0 Å². The fourth-order valence-electron chi connectivity index (χ4n) is 2.26. The van der Waals surface area contributed by atoms with Gasteiger partial charge in [0.15, 0.2) is 0 Å². The Kier molecular flexibility index (Phi) is 3.28. The average Bonchev–Trinajstić information content (AvgIpc) is 2.90. The summed E-state index contributed by atoms with van der Waals surface area (Å²) in [5.41, 5.74) is 4.07. The number of carboxylic acid groups (broad SMARTS) is 1. The molecule has 0 radical (unpaired) electrons. The van der Waals surface area contributed by atoms with Gasteiger partial charge in [-0.25, -0.2) is 9.48 Å². The SMILES string of the molecule is Cc1cc(-c2ccccc2)n(-c2ccc(C(=O)O)cc2)n1. The highest BCUT2D eigenvalue weighted by Gasteiger charge is 2.10. The number of nitrogens with zero attached hydrogens (tertiary/aromatic N) is 2. The van der Waals surface area contributed by atoms with E-state index in [1.54, 1.807) is 24.3 Å². The third kappa shape index (κ3) is 2.56. The summed E-state index contributed by atoms with van der Waals surface area (Å²) >= 11 is 0. The van der Waals surface area contributed by atoms with Crippen LogP contribution in [-0.2, 0) is 0 Å². The van der Waals surface area contributed by atoms with Crippen LogP contribution in [0, 0.1) is 6.92 Å². The monoisotopic (exact) mass is 278 g/mol. The van der Waals surface area contributed by atoms with Gasteiger partial charge in [-0.3, -0.25) is 0 Å². The van der Waals surface area contributed by atoms with Crippen molar-refractivity contribution in [1.29, 1.82) is 0 Å². The Labute approximate surface area is 122 Å². The largest absolute Gasteiger partial charge is 0.478 e. The number of benzene rings is 2. The minimum atomic E-state index is -0.929. The Balaban J connectivity index is 2.09. The van der Waals surface area contributed by atoms with Gasteiger partial charge in [0.2, 0.25) is 0 Å². The Morgan fingerprint density at radius 3 is 2.33 bits per heavy atom. The van der Waals surface area contributed by atoms with Gasteiger partial charge >= 0.3 is 5.97 Å². The minimum Gasteiger partial charge on any atom is -0.478 e.